The molecule has 2 N–H and O–H groups in total. The summed E-state index contributed by atoms with van der Waals surface area (Å²) in [6, 6.07) is 16.5. The van der Waals surface area contributed by atoms with Crippen molar-refractivity contribution in [3.63, 3.8) is 0 Å². The van der Waals surface area contributed by atoms with E-state index < -0.39 is 0 Å². The topological polar surface area (TPSA) is 29.3 Å². The molecule has 0 unspecified atom stereocenters. The van der Waals surface area contributed by atoms with E-state index in [1.807, 2.05) is 12.1 Å². The molecule has 2 rings (SSSR count). The number of nitrogens with zero attached hydrogens (tertiary/aromatic N) is 1. The largest absolute Gasteiger partial charge is 0.374 e. The molecule has 20 heavy (non-hydrogen) atoms. The predicted molar refractivity (Wildman–Crippen MR) is 87.4 cm³/mol. The van der Waals surface area contributed by atoms with Gasteiger partial charge >= 0.3 is 0 Å². The Kier molecular flexibility index (Phi) is 5.45. The number of anilines is 1. The average Bonchev–Trinajstić information content (AvgIpc) is 2.48. The van der Waals surface area contributed by atoms with Crippen molar-refractivity contribution in [3.05, 3.63) is 64.7 Å². The van der Waals surface area contributed by atoms with E-state index in [4.69, 9.17) is 17.3 Å². The van der Waals surface area contributed by atoms with Crippen molar-refractivity contribution in [1.82, 2.24) is 0 Å². The fourth-order valence-corrected chi connectivity index (χ4v) is 2.64. The third-order valence-electron chi connectivity index (χ3n) is 3.51. The molecule has 0 fully saturated rings. The number of hydrogen-bond donors (Lipinski definition) is 1. The van der Waals surface area contributed by atoms with Gasteiger partial charge in [0.05, 0.1) is 0 Å². The lowest BCUT2D eigenvalue weighted by Crippen LogP contribution is -2.21. The zero-order valence-electron chi connectivity index (χ0n) is 11.8. The quantitative estimate of drug-likeness (QED) is 0.874. The molecular formula is C17H21ClN2. The summed E-state index contributed by atoms with van der Waals surface area (Å²) in [7, 11) is 2.09. The van der Waals surface area contributed by atoms with Crippen LogP contribution < -0.4 is 10.6 Å². The van der Waals surface area contributed by atoms with E-state index in [1.54, 1.807) is 0 Å². The van der Waals surface area contributed by atoms with Gasteiger partial charge in [-0.2, -0.15) is 0 Å². The smallest absolute Gasteiger partial charge is 0.0471 e. The first-order valence-electron chi connectivity index (χ1n) is 6.95. The molecule has 0 spiro atoms. The highest BCUT2D eigenvalue weighted by molar-refractivity contribution is 6.31. The SMILES string of the molecule is CN(CCCc1ccccc1)c1cccc(Cl)c1CN. The van der Waals surface area contributed by atoms with Crippen LogP contribution in [-0.4, -0.2) is 13.6 Å². The number of halogens is 1. The van der Waals surface area contributed by atoms with Crippen molar-refractivity contribution in [2.45, 2.75) is 19.4 Å². The van der Waals surface area contributed by atoms with Crippen molar-refractivity contribution < 1.29 is 0 Å². The lowest BCUT2D eigenvalue weighted by atomic mass is 10.1. The molecule has 0 aromatic heterocycles. The molecule has 0 radical (unpaired) electrons. The minimum atomic E-state index is 0.470. The fourth-order valence-electron chi connectivity index (χ4n) is 2.39. The van der Waals surface area contributed by atoms with E-state index >= 15 is 0 Å². The van der Waals surface area contributed by atoms with Crippen molar-refractivity contribution in [1.29, 1.82) is 0 Å². The molecule has 0 bridgehead atoms. The number of hydrogen-bond acceptors (Lipinski definition) is 2. The summed E-state index contributed by atoms with van der Waals surface area (Å²) in [5.74, 6) is 0. The first-order valence-corrected chi connectivity index (χ1v) is 7.32. The molecule has 0 aliphatic heterocycles. The maximum absolute atomic E-state index is 6.20. The van der Waals surface area contributed by atoms with Crippen LogP contribution in [0.1, 0.15) is 17.5 Å². The van der Waals surface area contributed by atoms with E-state index in [1.165, 1.54) is 5.56 Å². The summed E-state index contributed by atoms with van der Waals surface area (Å²) in [5, 5.41) is 0.750. The summed E-state index contributed by atoms with van der Waals surface area (Å²) in [4.78, 5) is 2.23. The number of nitrogens with two attached hydrogens (primary N) is 1. The Morgan fingerprint density at radius 1 is 1.05 bits per heavy atom. The van der Waals surface area contributed by atoms with Crippen LogP contribution in [0.15, 0.2) is 48.5 Å². The van der Waals surface area contributed by atoms with Crippen LogP contribution in [0.2, 0.25) is 5.02 Å². The van der Waals surface area contributed by atoms with Gasteiger partial charge in [0.25, 0.3) is 0 Å². The molecule has 0 amide bonds. The van der Waals surface area contributed by atoms with Gasteiger partial charge in [0, 0.05) is 36.4 Å². The first-order chi connectivity index (χ1) is 9.72. The highest BCUT2D eigenvalue weighted by Gasteiger charge is 2.09. The molecule has 0 aliphatic rings. The molecule has 0 atom stereocenters. The molecular weight excluding hydrogens is 268 g/mol. The van der Waals surface area contributed by atoms with Gasteiger partial charge in [-0.1, -0.05) is 48.0 Å². The van der Waals surface area contributed by atoms with E-state index in [0.717, 1.165) is 35.7 Å². The second kappa shape index (κ2) is 7.32. The number of benzene rings is 2. The molecule has 0 saturated heterocycles. The summed E-state index contributed by atoms with van der Waals surface area (Å²) >= 11 is 6.20. The van der Waals surface area contributed by atoms with Gasteiger partial charge in [0.15, 0.2) is 0 Å². The number of rotatable bonds is 6. The van der Waals surface area contributed by atoms with Crippen molar-refractivity contribution in [2.24, 2.45) is 5.73 Å². The van der Waals surface area contributed by atoms with E-state index in [-0.39, 0.29) is 0 Å². The van der Waals surface area contributed by atoms with Gasteiger partial charge in [-0.15, -0.1) is 0 Å². The minimum Gasteiger partial charge on any atom is -0.374 e. The van der Waals surface area contributed by atoms with Gasteiger partial charge in [0.1, 0.15) is 0 Å². The Bertz CT molecular complexity index is 540. The van der Waals surface area contributed by atoms with Crippen LogP contribution in [0.5, 0.6) is 0 Å². The minimum absolute atomic E-state index is 0.470. The molecule has 0 heterocycles. The highest BCUT2D eigenvalue weighted by atomic mass is 35.5. The standard InChI is InChI=1S/C17H21ClN2/c1-20(12-6-9-14-7-3-2-4-8-14)17-11-5-10-16(18)15(17)13-19/h2-5,7-8,10-11H,6,9,12-13,19H2,1H3. The molecule has 2 aromatic rings. The fraction of sp³-hybridized carbons (Fsp3) is 0.294. The molecule has 2 aromatic carbocycles. The molecule has 2 nitrogen and oxygen atoms in total. The van der Waals surface area contributed by atoms with Crippen molar-refractivity contribution in [3.8, 4) is 0 Å². The lowest BCUT2D eigenvalue weighted by Gasteiger charge is -2.22. The van der Waals surface area contributed by atoms with Gasteiger partial charge in [-0.25, -0.2) is 0 Å². The van der Waals surface area contributed by atoms with Crippen molar-refractivity contribution in [2.75, 3.05) is 18.5 Å². The Labute approximate surface area is 126 Å². The van der Waals surface area contributed by atoms with Crippen LogP contribution in [0.3, 0.4) is 0 Å². The summed E-state index contributed by atoms with van der Waals surface area (Å²) in [5.41, 5.74) is 9.34. The maximum Gasteiger partial charge on any atom is 0.0471 e. The Balaban J connectivity index is 1.95. The Morgan fingerprint density at radius 3 is 2.50 bits per heavy atom. The van der Waals surface area contributed by atoms with E-state index in [2.05, 4.69) is 48.3 Å². The van der Waals surface area contributed by atoms with Crippen molar-refractivity contribution >= 4 is 17.3 Å². The molecule has 0 saturated carbocycles. The third-order valence-corrected chi connectivity index (χ3v) is 3.87. The highest BCUT2D eigenvalue weighted by Crippen LogP contribution is 2.26. The summed E-state index contributed by atoms with van der Waals surface area (Å²) in [6.07, 6.45) is 2.20. The monoisotopic (exact) mass is 288 g/mol. The van der Waals surface area contributed by atoms with E-state index in [0.29, 0.717) is 6.54 Å². The molecule has 106 valence electrons. The van der Waals surface area contributed by atoms with E-state index in [9.17, 15) is 0 Å². The third kappa shape index (κ3) is 3.75. The summed E-state index contributed by atoms with van der Waals surface area (Å²) in [6.45, 7) is 1.46. The molecule has 0 aliphatic carbocycles. The second-order valence-electron chi connectivity index (χ2n) is 4.95. The maximum atomic E-state index is 6.20. The normalized spacial score (nSPS) is 10.6. The average molecular weight is 289 g/mol. The van der Waals surface area contributed by atoms with Crippen LogP contribution in [0, 0.1) is 0 Å². The van der Waals surface area contributed by atoms with Gasteiger partial charge in [-0.05, 0) is 30.5 Å². The zero-order chi connectivity index (χ0) is 14.4. The lowest BCUT2D eigenvalue weighted by molar-refractivity contribution is 0.781. The predicted octanol–water partition coefficient (Wildman–Crippen LogP) is 3.87. The van der Waals surface area contributed by atoms with Crippen LogP contribution in [-0.2, 0) is 13.0 Å². The Hall–Kier alpha value is -1.51. The van der Waals surface area contributed by atoms with Crippen LogP contribution in [0.4, 0.5) is 5.69 Å². The van der Waals surface area contributed by atoms with Gasteiger partial charge in [0.2, 0.25) is 0 Å². The number of aryl methyl sites for hydroxylation is 1. The summed E-state index contributed by atoms with van der Waals surface area (Å²) < 4.78 is 0. The Morgan fingerprint density at radius 2 is 1.80 bits per heavy atom. The second-order valence-corrected chi connectivity index (χ2v) is 5.36. The molecule has 3 heteroatoms. The van der Waals surface area contributed by atoms with Gasteiger partial charge in [-0.3, -0.25) is 0 Å². The zero-order valence-corrected chi connectivity index (χ0v) is 12.6. The van der Waals surface area contributed by atoms with Crippen LogP contribution in [0.25, 0.3) is 0 Å². The van der Waals surface area contributed by atoms with Gasteiger partial charge < -0.3 is 10.6 Å². The first kappa shape index (κ1) is 14.9. The van der Waals surface area contributed by atoms with Crippen LogP contribution >= 0.6 is 11.6 Å².